The number of aromatic nitrogens is 4. The summed E-state index contributed by atoms with van der Waals surface area (Å²) in [5.74, 6) is 0.578. The van der Waals surface area contributed by atoms with Crippen LogP contribution < -0.4 is 4.74 Å². The molecule has 0 saturated heterocycles. The highest BCUT2D eigenvalue weighted by Gasteiger charge is 2.10. The molecule has 0 bridgehead atoms. The summed E-state index contributed by atoms with van der Waals surface area (Å²) >= 11 is 0. The van der Waals surface area contributed by atoms with Gasteiger partial charge < -0.3 is 4.74 Å². The summed E-state index contributed by atoms with van der Waals surface area (Å²) in [6.45, 7) is 2.80. The molecular weight excluding hydrogens is 216 g/mol. The van der Waals surface area contributed by atoms with E-state index in [1.165, 1.54) is 0 Å². The molecular formula is C12H16N4O. The van der Waals surface area contributed by atoms with Crippen LogP contribution in [0.25, 0.3) is 11.3 Å². The molecule has 5 nitrogen and oxygen atoms in total. The van der Waals surface area contributed by atoms with Crippen LogP contribution in [0.2, 0.25) is 0 Å². The number of hydrogen-bond donors (Lipinski definition) is 0. The van der Waals surface area contributed by atoms with Crippen LogP contribution in [-0.4, -0.2) is 26.4 Å². The summed E-state index contributed by atoms with van der Waals surface area (Å²) in [7, 11) is 1.87. The first kappa shape index (κ1) is 11.6. The SMILES string of the molecule is CCCCOc1nccnc1-c1cnn(C)c1. The summed E-state index contributed by atoms with van der Waals surface area (Å²) in [4.78, 5) is 8.51. The van der Waals surface area contributed by atoms with Gasteiger partial charge >= 0.3 is 0 Å². The van der Waals surface area contributed by atoms with E-state index in [9.17, 15) is 0 Å². The molecule has 0 aliphatic heterocycles. The van der Waals surface area contributed by atoms with Gasteiger partial charge in [0.1, 0.15) is 5.69 Å². The first-order valence-electron chi connectivity index (χ1n) is 5.74. The second-order valence-corrected chi connectivity index (χ2v) is 3.81. The molecule has 0 aromatic carbocycles. The fourth-order valence-electron chi connectivity index (χ4n) is 1.49. The van der Waals surface area contributed by atoms with Gasteiger partial charge in [-0.3, -0.25) is 4.68 Å². The monoisotopic (exact) mass is 232 g/mol. The molecule has 2 aromatic heterocycles. The van der Waals surface area contributed by atoms with Crippen molar-refractivity contribution in [3.8, 4) is 17.1 Å². The van der Waals surface area contributed by atoms with Crippen molar-refractivity contribution < 1.29 is 4.74 Å². The van der Waals surface area contributed by atoms with E-state index >= 15 is 0 Å². The van der Waals surface area contributed by atoms with Gasteiger partial charge in [0, 0.05) is 31.2 Å². The highest BCUT2D eigenvalue weighted by molar-refractivity contribution is 5.62. The first-order valence-corrected chi connectivity index (χ1v) is 5.74. The second kappa shape index (κ2) is 5.43. The van der Waals surface area contributed by atoms with Gasteiger partial charge in [0.05, 0.1) is 12.8 Å². The highest BCUT2D eigenvalue weighted by Crippen LogP contribution is 2.24. The summed E-state index contributed by atoms with van der Waals surface area (Å²) in [6.07, 6.45) is 9.08. The van der Waals surface area contributed by atoms with Crippen LogP contribution >= 0.6 is 0 Å². The third-order valence-corrected chi connectivity index (χ3v) is 2.38. The Morgan fingerprint density at radius 2 is 2.12 bits per heavy atom. The van der Waals surface area contributed by atoms with E-state index in [2.05, 4.69) is 22.0 Å². The largest absolute Gasteiger partial charge is 0.476 e. The van der Waals surface area contributed by atoms with E-state index in [-0.39, 0.29) is 0 Å². The van der Waals surface area contributed by atoms with Gasteiger partial charge in [-0.15, -0.1) is 0 Å². The molecule has 0 spiro atoms. The Labute approximate surface area is 100 Å². The van der Waals surface area contributed by atoms with Crippen LogP contribution in [0.15, 0.2) is 24.8 Å². The second-order valence-electron chi connectivity index (χ2n) is 3.81. The van der Waals surface area contributed by atoms with E-state index in [1.807, 2.05) is 13.2 Å². The lowest BCUT2D eigenvalue weighted by Crippen LogP contribution is -2.01. The van der Waals surface area contributed by atoms with Crippen LogP contribution in [-0.2, 0) is 7.05 Å². The Morgan fingerprint density at radius 3 is 2.82 bits per heavy atom. The minimum Gasteiger partial charge on any atom is -0.476 e. The average molecular weight is 232 g/mol. The minimum atomic E-state index is 0.578. The molecule has 0 fully saturated rings. The van der Waals surface area contributed by atoms with Crippen LogP contribution in [0, 0.1) is 0 Å². The van der Waals surface area contributed by atoms with Crippen LogP contribution in [0.3, 0.4) is 0 Å². The van der Waals surface area contributed by atoms with Crippen molar-refractivity contribution in [3.05, 3.63) is 24.8 Å². The average Bonchev–Trinajstić information content (AvgIpc) is 2.77. The van der Waals surface area contributed by atoms with E-state index in [0.29, 0.717) is 12.5 Å². The van der Waals surface area contributed by atoms with Crippen LogP contribution in [0.1, 0.15) is 19.8 Å². The smallest absolute Gasteiger partial charge is 0.240 e. The first-order chi connectivity index (χ1) is 8.31. The maximum absolute atomic E-state index is 5.63. The number of hydrogen-bond acceptors (Lipinski definition) is 4. The molecule has 0 aliphatic rings. The van der Waals surface area contributed by atoms with Gasteiger partial charge in [-0.2, -0.15) is 5.10 Å². The van der Waals surface area contributed by atoms with Crippen molar-refractivity contribution in [1.82, 2.24) is 19.7 Å². The normalized spacial score (nSPS) is 10.5. The Bertz CT molecular complexity index is 481. The van der Waals surface area contributed by atoms with Gasteiger partial charge in [0.15, 0.2) is 0 Å². The molecule has 0 saturated carbocycles. The third-order valence-electron chi connectivity index (χ3n) is 2.38. The predicted octanol–water partition coefficient (Wildman–Crippen LogP) is 2.06. The lowest BCUT2D eigenvalue weighted by atomic mass is 10.2. The Kier molecular flexibility index (Phi) is 3.69. The molecule has 0 amide bonds. The van der Waals surface area contributed by atoms with Crippen molar-refractivity contribution in [3.63, 3.8) is 0 Å². The van der Waals surface area contributed by atoms with Gasteiger partial charge in [0.2, 0.25) is 5.88 Å². The van der Waals surface area contributed by atoms with Crippen molar-refractivity contribution in [1.29, 1.82) is 0 Å². The summed E-state index contributed by atoms with van der Waals surface area (Å²) in [6, 6.07) is 0. The molecule has 5 heteroatoms. The van der Waals surface area contributed by atoms with E-state index < -0.39 is 0 Å². The zero-order valence-electron chi connectivity index (χ0n) is 10.1. The molecule has 0 unspecified atom stereocenters. The number of nitrogens with zero attached hydrogens (tertiary/aromatic N) is 4. The number of unbranched alkanes of at least 4 members (excludes halogenated alkanes) is 1. The zero-order valence-corrected chi connectivity index (χ0v) is 10.1. The lowest BCUT2D eigenvalue weighted by Gasteiger charge is -2.07. The molecule has 0 N–H and O–H groups in total. The Morgan fingerprint density at radius 1 is 1.29 bits per heavy atom. The lowest BCUT2D eigenvalue weighted by molar-refractivity contribution is 0.298. The van der Waals surface area contributed by atoms with E-state index in [1.54, 1.807) is 23.3 Å². The van der Waals surface area contributed by atoms with Crippen LogP contribution in [0.4, 0.5) is 0 Å². The van der Waals surface area contributed by atoms with Gasteiger partial charge in [-0.05, 0) is 6.42 Å². The minimum absolute atomic E-state index is 0.578. The molecule has 0 aliphatic carbocycles. The quantitative estimate of drug-likeness (QED) is 0.740. The van der Waals surface area contributed by atoms with E-state index in [4.69, 9.17) is 4.74 Å². The highest BCUT2D eigenvalue weighted by atomic mass is 16.5. The van der Waals surface area contributed by atoms with Gasteiger partial charge in [0.25, 0.3) is 0 Å². The molecule has 17 heavy (non-hydrogen) atoms. The topological polar surface area (TPSA) is 52.8 Å². The molecule has 2 rings (SSSR count). The van der Waals surface area contributed by atoms with Crippen molar-refractivity contribution >= 4 is 0 Å². The number of rotatable bonds is 5. The van der Waals surface area contributed by atoms with Gasteiger partial charge in [-0.1, -0.05) is 13.3 Å². The number of aryl methyl sites for hydroxylation is 1. The fraction of sp³-hybridized carbons (Fsp3) is 0.417. The molecule has 0 atom stereocenters. The van der Waals surface area contributed by atoms with E-state index in [0.717, 1.165) is 24.1 Å². The molecule has 2 heterocycles. The fourth-order valence-corrected chi connectivity index (χ4v) is 1.49. The standard InChI is InChI=1S/C12H16N4O/c1-3-4-7-17-12-11(13-5-6-14-12)10-8-15-16(2)9-10/h5-6,8-9H,3-4,7H2,1-2H3. The third kappa shape index (κ3) is 2.81. The van der Waals surface area contributed by atoms with Crippen LogP contribution in [0.5, 0.6) is 5.88 Å². The van der Waals surface area contributed by atoms with Crippen molar-refractivity contribution in [2.24, 2.45) is 7.05 Å². The van der Waals surface area contributed by atoms with Gasteiger partial charge in [-0.25, -0.2) is 9.97 Å². The summed E-state index contributed by atoms with van der Waals surface area (Å²) in [5, 5.41) is 4.12. The molecule has 0 radical (unpaired) electrons. The van der Waals surface area contributed by atoms with Crippen molar-refractivity contribution in [2.75, 3.05) is 6.61 Å². The predicted molar refractivity (Wildman–Crippen MR) is 64.6 cm³/mol. The zero-order chi connectivity index (χ0) is 12.1. The molecule has 2 aromatic rings. The van der Waals surface area contributed by atoms with Crippen molar-refractivity contribution in [2.45, 2.75) is 19.8 Å². The Balaban J connectivity index is 2.21. The maximum atomic E-state index is 5.63. The Hall–Kier alpha value is -1.91. The molecule has 90 valence electrons. The summed E-state index contributed by atoms with van der Waals surface area (Å²) in [5.41, 5.74) is 1.67. The maximum Gasteiger partial charge on any atom is 0.240 e. The summed E-state index contributed by atoms with van der Waals surface area (Å²) < 4.78 is 7.37. The number of ether oxygens (including phenoxy) is 1.